The van der Waals surface area contributed by atoms with Crippen LogP contribution in [-0.2, 0) is 0 Å². The minimum absolute atomic E-state index is 0.0833. The molecule has 1 rings (SSSR count). The zero-order valence-corrected chi connectivity index (χ0v) is 8.57. The van der Waals surface area contributed by atoms with Gasteiger partial charge in [-0.25, -0.2) is 0 Å². The Labute approximate surface area is 83.6 Å². The normalized spacial score (nSPS) is 10.5. The molecule has 3 nitrogen and oxygen atoms in total. The summed E-state index contributed by atoms with van der Waals surface area (Å²) in [6, 6.07) is 3.43. The molecule has 0 amide bonds. The Bertz CT molecular complexity index is 343. The van der Waals surface area contributed by atoms with E-state index >= 15 is 0 Å². The van der Waals surface area contributed by atoms with Gasteiger partial charge in [-0.15, -0.1) is 0 Å². The van der Waals surface area contributed by atoms with Crippen LogP contribution in [0.4, 0.5) is 0 Å². The van der Waals surface area contributed by atoms with Crippen molar-refractivity contribution < 1.29 is 14.6 Å². The maximum absolute atomic E-state index is 9.59. The predicted octanol–water partition coefficient (Wildman–Crippen LogP) is 2.44. The smallest absolute Gasteiger partial charge is 0.203 e. The largest absolute Gasteiger partial charge is 0.504 e. The van der Waals surface area contributed by atoms with Crippen molar-refractivity contribution in [3.63, 3.8) is 0 Å². The van der Waals surface area contributed by atoms with Crippen molar-refractivity contribution in [1.82, 2.24) is 0 Å². The van der Waals surface area contributed by atoms with Gasteiger partial charge in [0.15, 0.2) is 11.5 Å². The minimum Gasteiger partial charge on any atom is -0.504 e. The van der Waals surface area contributed by atoms with Gasteiger partial charge in [0.25, 0.3) is 0 Å². The lowest BCUT2D eigenvalue weighted by atomic mass is 10.1. The van der Waals surface area contributed by atoms with Gasteiger partial charge in [-0.05, 0) is 24.6 Å². The second-order valence-corrected chi connectivity index (χ2v) is 2.78. The number of phenolic OH excluding ortho intramolecular Hbond substituents is 1. The lowest BCUT2D eigenvalue weighted by Gasteiger charge is -2.09. The van der Waals surface area contributed by atoms with Crippen LogP contribution in [0.2, 0.25) is 0 Å². The first-order valence-electron chi connectivity index (χ1n) is 4.30. The first kappa shape index (κ1) is 10.4. The standard InChI is InChI=1S/C11H14O3/c1-4-5-8-6-9(12)11(14-3)10(7-8)13-2/h4-7,12H,1-3H3. The Morgan fingerprint density at radius 2 is 1.93 bits per heavy atom. The van der Waals surface area contributed by atoms with Gasteiger partial charge >= 0.3 is 0 Å². The quantitative estimate of drug-likeness (QED) is 0.803. The molecule has 0 aliphatic heterocycles. The molecule has 1 aromatic carbocycles. The topological polar surface area (TPSA) is 38.7 Å². The van der Waals surface area contributed by atoms with Gasteiger partial charge in [0.2, 0.25) is 5.75 Å². The second kappa shape index (κ2) is 4.56. The number of allylic oxidation sites excluding steroid dienone is 1. The average molecular weight is 194 g/mol. The molecular formula is C11H14O3. The van der Waals surface area contributed by atoms with Crippen molar-refractivity contribution in [2.24, 2.45) is 0 Å². The highest BCUT2D eigenvalue weighted by atomic mass is 16.5. The highest BCUT2D eigenvalue weighted by molar-refractivity contribution is 5.61. The number of ether oxygens (including phenoxy) is 2. The summed E-state index contributed by atoms with van der Waals surface area (Å²) in [5.74, 6) is 0.973. The van der Waals surface area contributed by atoms with E-state index < -0.39 is 0 Å². The molecule has 1 aromatic rings. The van der Waals surface area contributed by atoms with Crippen molar-refractivity contribution in [2.45, 2.75) is 6.92 Å². The average Bonchev–Trinajstić information content (AvgIpc) is 2.17. The lowest BCUT2D eigenvalue weighted by Crippen LogP contribution is -1.91. The van der Waals surface area contributed by atoms with Crippen molar-refractivity contribution >= 4 is 6.08 Å². The Hall–Kier alpha value is -1.64. The maximum atomic E-state index is 9.59. The fraction of sp³-hybridized carbons (Fsp3) is 0.273. The number of methoxy groups -OCH3 is 2. The Balaban J connectivity index is 3.23. The van der Waals surface area contributed by atoms with Crippen LogP contribution >= 0.6 is 0 Å². The number of benzene rings is 1. The van der Waals surface area contributed by atoms with Crippen molar-refractivity contribution in [1.29, 1.82) is 0 Å². The fourth-order valence-corrected chi connectivity index (χ4v) is 1.25. The van der Waals surface area contributed by atoms with Crippen molar-refractivity contribution in [2.75, 3.05) is 14.2 Å². The minimum atomic E-state index is 0.0833. The van der Waals surface area contributed by atoms with E-state index in [1.54, 1.807) is 12.1 Å². The van der Waals surface area contributed by atoms with E-state index in [9.17, 15) is 5.11 Å². The number of hydrogen-bond acceptors (Lipinski definition) is 3. The second-order valence-electron chi connectivity index (χ2n) is 2.78. The van der Waals surface area contributed by atoms with E-state index in [-0.39, 0.29) is 5.75 Å². The Morgan fingerprint density at radius 1 is 1.21 bits per heavy atom. The van der Waals surface area contributed by atoms with Crippen LogP contribution in [0.5, 0.6) is 17.2 Å². The molecule has 1 N–H and O–H groups in total. The van der Waals surface area contributed by atoms with E-state index in [1.165, 1.54) is 14.2 Å². The molecule has 0 saturated heterocycles. The third-order valence-electron chi connectivity index (χ3n) is 1.84. The van der Waals surface area contributed by atoms with E-state index in [2.05, 4.69) is 0 Å². The summed E-state index contributed by atoms with van der Waals surface area (Å²) in [4.78, 5) is 0. The number of rotatable bonds is 3. The summed E-state index contributed by atoms with van der Waals surface area (Å²) >= 11 is 0. The van der Waals surface area contributed by atoms with Crippen LogP contribution in [-0.4, -0.2) is 19.3 Å². The van der Waals surface area contributed by atoms with Crippen LogP contribution in [0.1, 0.15) is 12.5 Å². The molecule has 3 heteroatoms. The molecule has 0 heterocycles. The number of aromatic hydroxyl groups is 1. The SMILES string of the molecule is CC=Cc1cc(O)c(OC)c(OC)c1. The molecular weight excluding hydrogens is 180 g/mol. The summed E-state index contributed by atoms with van der Waals surface area (Å²) in [6.07, 6.45) is 3.77. The molecule has 0 aromatic heterocycles. The number of phenols is 1. The van der Waals surface area contributed by atoms with Crippen LogP contribution < -0.4 is 9.47 Å². The summed E-state index contributed by atoms with van der Waals surface area (Å²) in [6.45, 7) is 1.91. The highest BCUT2D eigenvalue weighted by Crippen LogP contribution is 2.37. The summed E-state index contributed by atoms with van der Waals surface area (Å²) in [7, 11) is 3.03. The molecule has 0 aliphatic carbocycles. The van der Waals surface area contributed by atoms with Crippen LogP contribution in [0.15, 0.2) is 18.2 Å². The molecule has 0 spiro atoms. The van der Waals surface area contributed by atoms with Gasteiger partial charge < -0.3 is 14.6 Å². The molecule has 0 bridgehead atoms. The van der Waals surface area contributed by atoms with Gasteiger partial charge in [0, 0.05) is 0 Å². The Kier molecular flexibility index (Phi) is 3.40. The first-order valence-corrected chi connectivity index (χ1v) is 4.30. The first-order chi connectivity index (χ1) is 6.72. The van der Waals surface area contributed by atoms with Crippen molar-refractivity contribution in [3.8, 4) is 17.2 Å². The van der Waals surface area contributed by atoms with Crippen LogP contribution in [0, 0.1) is 0 Å². The molecule has 14 heavy (non-hydrogen) atoms. The Morgan fingerprint density at radius 3 is 2.43 bits per heavy atom. The molecule has 0 saturated carbocycles. The molecule has 0 unspecified atom stereocenters. The zero-order valence-electron chi connectivity index (χ0n) is 8.57. The molecule has 0 atom stereocenters. The van der Waals surface area contributed by atoms with Gasteiger partial charge in [-0.3, -0.25) is 0 Å². The molecule has 0 radical (unpaired) electrons. The van der Waals surface area contributed by atoms with Crippen LogP contribution in [0.25, 0.3) is 6.08 Å². The maximum Gasteiger partial charge on any atom is 0.203 e. The van der Waals surface area contributed by atoms with Gasteiger partial charge in [-0.2, -0.15) is 0 Å². The summed E-state index contributed by atoms with van der Waals surface area (Å²) < 4.78 is 10.1. The van der Waals surface area contributed by atoms with Gasteiger partial charge in [-0.1, -0.05) is 12.2 Å². The monoisotopic (exact) mass is 194 g/mol. The molecule has 0 fully saturated rings. The van der Waals surface area contributed by atoms with Gasteiger partial charge in [0.05, 0.1) is 14.2 Å². The van der Waals surface area contributed by atoms with Gasteiger partial charge in [0.1, 0.15) is 0 Å². The third-order valence-corrected chi connectivity index (χ3v) is 1.84. The van der Waals surface area contributed by atoms with E-state index in [0.717, 1.165) is 5.56 Å². The molecule has 0 aliphatic rings. The van der Waals surface area contributed by atoms with Crippen LogP contribution in [0.3, 0.4) is 0 Å². The highest BCUT2D eigenvalue weighted by Gasteiger charge is 2.09. The predicted molar refractivity (Wildman–Crippen MR) is 55.9 cm³/mol. The number of hydrogen-bond donors (Lipinski definition) is 1. The van der Waals surface area contributed by atoms with E-state index in [1.807, 2.05) is 19.1 Å². The van der Waals surface area contributed by atoms with Crippen molar-refractivity contribution in [3.05, 3.63) is 23.8 Å². The van der Waals surface area contributed by atoms with E-state index in [4.69, 9.17) is 9.47 Å². The van der Waals surface area contributed by atoms with E-state index in [0.29, 0.717) is 11.5 Å². The third kappa shape index (κ3) is 1.99. The summed E-state index contributed by atoms with van der Waals surface area (Å²) in [5, 5.41) is 9.59. The lowest BCUT2D eigenvalue weighted by molar-refractivity contribution is 0.333. The summed E-state index contributed by atoms with van der Waals surface area (Å²) in [5.41, 5.74) is 0.877. The molecule has 76 valence electrons. The zero-order chi connectivity index (χ0) is 10.6. The fourth-order valence-electron chi connectivity index (χ4n) is 1.25.